The summed E-state index contributed by atoms with van der Waals surface area (Å²) in [5.41, 5.74) is 0. The summed E-state index contributed by atoms with van der Waals surface area (Å²) >= 11 is 3.25. The number of sulfonamides is 1. The maximum Gasteiger partial charge on any atom is 0.244 e. The summed E-state index contributed by atoms with van der Waals surface area (Å²) in [6, 6.07) is 4.88. The molecular formula is C11H17BrN2O3S. The van der Waals surface area contributed by atoms with E-state index in [1.54, 1.807) is 12.1 Å². The van der Waals surface area contributed by atoms with Gasteiger partial charge in [0.25, 0.3) is 0 Å². The van der Waals surface area contributed by atoms with Crippen LogP contribution in [-0.2, 0) is 10.0 Å². The highest BCUT2D eigenvalue weighted by molar-refractivity contribution is 9.10. The van der Waals surface area contributed by atoms with E-state index in [-0.39, 0.29) is 4.90 Å². The molecule has 0 aliphatic rings. The third-order valence-corrected chi connectivity index (χ3v) is 4.29. The van der Waals surface area contributed by atoms with E-state index < -0.39 is 10.0 Å². The molecule has 0 aromatic heterocycles. The lowest BCUT2D eigenvalue weighted by Crippen LogP contribution is -2.27. The summed E-state index contributed by atoms with van der Waals surface area (Å²) in [5, 5.41) is 2.96. The van der Waals surface area contributed by atoms with Crippen LogP contribution in [0.4, 0.5) is 0 Å². The van der Waals surface area contributed by atoms with Crippen molar-refractivity contribution in [3.63, 3.8) is 0 Å². The number of benzene rings is 1. The second-order valence-electron chi connectivity index (χ2n) is 3.65. The van der Waals surface area contributed by atoms with Crippen molar-refractivity contribution in [3.05, 3.63) is 22.7 Å². The first kappa shape index (κ1) is 15.4. The van der Waals surface area contributed by atoms with Gasteiger partial charge < -0.3 is 10.1 Å². The fraction of sp³-hybridized carbons (Fsp3) is 0.455. The maximum atomic E-state index is 12.1. The first-order valence-electron chi connectivity index (χ1n) is 5.49. The molecule has 2 N–H and O–H groups in total. The minimum atomic E-state index is -3.54. The zero-order valence-corrected chi connectivity index (χ0v) is 12.8. The van der Waals surface area contributed by atoms with Crippen molar-refractivity contribution in [1.29, 1.82) is 0 Å². The minimum absolute atomic E-state index is 0.142. The van der Waals surface area contributed by atoms with Crippen molar-refractivity contribution in [3.8, 4) is 5.75 Å². The fourth-order valence-electron chi connectivity index (χ4n) is 1.41. The Morgan fingerprint density at radius 2 is 2.06 bits per heavy atom. The third-order valence-electron chi connectivity index (χ3n) is 2.31. The molecule has 0 saturated carbocycles. The van der Waals surface area contributed by atoms with Crippen LogP contribution in [0.3, 0.4) is 0 Å². The lowest BCUT2D eigenvalue weighted by Gasteiger charge is -2.11. The second-order valence-corrected chi connectivity index (χ2v) is 6.30. The molecule has 0 atom stereocenters. The lowest BCUT2D eigenvalue weighted by atomic mass is 10.3. The smallest absolute Gasteiger partial charge is 0.244 e. The quantitative estimate of drug-likeness (QED) is 0.737. The molecule has 0 radical (unpaired) electrons. The first-order valence-corrected chi connectivity index (χ1v) is 7.76. The Morgan fingerprint density at radius 3 is 2.67 bits per heavy atom. The Hall–Kier alpha value is -0.630. The van der Waals surface area contributed by atoms with E-state index >= 15 is 0 Å². The van der Waals surface area contributed by atoms with Gasteiger partial charge in [-0.1, -0.05) is 15.9 Å². The summed E-state index contributed by atoms with van der Waals surface area (Å²) in [6.07, 6.45) is 0.728. The molecule has 0 aliphatic carbocycles. The zero-order valence-electron chi connectivity index (χ0n) is 10.4. The zero-order chi connectivity index (χ0) is 13.6. The lowest BCUT2D eigenvalue weighted by molar-refractivity contribution is 0.402. The molecule has 0 spiro atoms. The van der Waals surface area contributed by atoms with Crippen LogP contribution in [0.2, 0.25) is 0 Å². The molecule has 1 aromatic rings. The topological polar surface area (TPSA) is 67.4 Å². The normalized spacial score (nSPS) is 11.5. The SMILES string of the molecule is CNCCCNS(=O)(=O)c1cc(Br)ccc1OC. The highest BCUT2D eigenvalue weighted by atomic mass is 79.9. The van der Waals surface area contributed by atoms with Crippen molar-refractivity contribution in [2.45, 2.75) is 11.3 Å². The fourth-order valence-corrected chi connectivity index (χ4v) is 3.19. The van der Waals surface area contributed by atoms with Crippen molar-refractivity contribution in [2.24, 2.45) is 0 Å². The van der Waals surface area contributed by atoms with E-state index in [4.69, 9.17) is 4.74 Å². The number of hydrogen-bond acceptors (Lipinski definition) is 4. The molecule has 0 amide bonds. The predicted molar refractivity (Wildman–Crippen MR) is 74.4 cm³/mol. The molecule has 0 bridgehead atoms. The standard InChI is InChI=1S/C11H17BrN2O3S/c1-13-6-3-7-14-18(15,16)11-8-9(12)4-5-10(11)17-2/h4-5,8,13-14H,3,6-7H2,1-2H3. The molecule has 0 heterocycles. The highest BCUT2D eigenvalue weighted by Gasteiger charge is 2.19. The van der Waals surface area contributed by atoms with E-state index in [0.29, 0.717) is 16.8 Å². The second kappa shape index (κ2) is 7.08. The van der Waals surface area contributed by atoms with Gasteiger partial charge in [0.1, 0.15) is 10.6 Å². The first-order chi connectivity index (χ1) is 8.51. The summed E-state index contributed by atoms with van der Waals surface area (Å²) in [5.74, 6) is 0.333. The summed E-state index contributed by atoms with van der Waals surface area (Å²) < 4.78 is 32.5. The molecule has 7 heteroatoms. The number of methoxy groups -OCH3 is 1. The molecule has 0 aliphatic heterocycles. The molecule has 1 aromatic carbocycles. The van der Waals surface area contributed by atoms with Crippen molar-refractivity contribution >= 4 is 26.0 Å². The van der Waals surface area contributed by atoms with Gasteiger partial charge in [0, 0.05) is 11.0 Å². The van der Waals surface area contributed by atoms with Gasteiger partial charge in [-0.05, 0) is 38.2 Å². The molecule has 18 heavy (non-hydrogen) atoms. The van der Waals surface area contributed by atoms with Gasteiger partial charge >= 0.3 is 0 Å². The molecule has 0 saturated heterocycles. The number of ether oxygens (including phenoxy) is 1. The van der Waals surface area contributed by atoms with Crippen LogP contribution in [0, 0.1) is 0 Å². The van der Waals surface area contributed by atoms with Crippen LogP contribution < -0.4 is 14.8 Å². The van der Waals surface area contributed by atoms with Crippen LogP contribution in [0.5, 0.6) is 5.75 Å². The maximum absolute atomic E-state index is 12.1. The number of rotatable bonds is 7. The Kier molecular flexibility index (Phi) is 6.07. The van der Waals surface area contributed by atoms with Crippen LogP contribution in [0.15, 0.2) is 27.6 Å². The van der Waals surface area contributed by atoms with Gasteiger partial charge in [0.05, 0.1) is 7.11 Å². The average Bonchev–Trinajstić information content (AvgIpc) is 2.35. The van der Waals surface area contributed by atoms with Gasteiger partial charge in [-0.25, -0.2) is 13.1 Å². The largest absolute Gasteiger partial charge is 0.495 e. The van der Waals surface area contributed by atoms with Crippen molar-refractivity contribution in [2.75, 3.05) is 27.2 Å². The number of hydrogen-bond donors (Lipinski definition) is 2. The molecule has 1 rings (SSSR count). The average molecular weight is 337 g/mol. The van der Waals surface area contributed by atoms with E-state index in [1.165, 1.54) is 13.2 Å². The Morgan fingerprint density at radius 1 is 1.33 bits per heavy atom. The van der Waals surface area contributed by atoms with Gasteiger partial charge in [0.2, 0.25) is 10.0 Å². The Balaban J connectivity index is 2.87. The minimum Gasteiger partial charge on any atom is -0.495 e. The molecule has 0 unspecified atom stereocenters. The van der Waals surface area contributed by atoms with E-state index in [2.05, 4.69) is 26.0 Å². The highest BCUT2D eigenvalue weighted by Crippen LogP contribution is 2.26. The molecular weight excluding hydrogens is 320 g/mol. The third kappa shape index (κ3) is 4.24. The number of halogens is 1. The summed E-state index contributed by atoms with van der Waals surface area (Å²) in [7, 11) is -0.266. The predicted octanol–water partition coefficient (Wildman–Crippen LogP) is 1.35. The molecule has 5 nitrogen and oxygen atoms in total. The van der Waals surface area contributed by atoms with Crippen LogP contribution in [0.25, 0.3) is 0 Å². The van der Waals surface area contributed by atoms with E-state index in [1.807, 2.05) is 7.05 Å². The molecule has 102 valence electrons. The summed E-state index contributed by atoms with van der Waals surface area (Å²) in [6.45, 7) is 1.15. The van der Waals surface area contributed by atoms with Crippen LogP contribution in [-0.4, -0.2) is 35.7 Å². The molecule has 0 fully saturated rings. The Bertz CT molecular complexity index is 491. The van der Waals surface area contributed by atoms with Crippen molar-refractivity contribution < 1.29 is 13.2 Å². The van der Waals surface area contributed by atoms with Crippen LogP contribution >= 0.6 is 15.9 Å². The van der Waals surface area contributed by atoms with E-state index in [0.717, 1.165) is 13.0 Å². The van der Waals surface area contributed by atoms with Gasteiger partial charge in [-0.2, -0.15) is 0 Å². The number of nitrogens with one attached hydrogen (secondary N) is 2. The monoisotopic (exact) mass is 336 g/mol. The van der Waals surface area contributed by atoms with E-state index in [9.17, 15) is 8.42 Å². The van der Waals surface area contributed by atoms with Crippen molar-refractivity contribution in [1.82, 2.24) is 10.0 Å². The summed E-state index contributed by atoms with van der Waals surface area (Å²) in [4.78, 5) is 0.142. The van der Waals surface area contributed by atoms with Gasteiger partial charge in [-0.15, -0.1) is 0 Å². The van der Waals surface area contributed by atoms with Gasteiger partial charge in [0.15, 0.2) is 0 Å². The Labute approximate surface area is 116 Å². The van der Waals surface area contributed by atoms with Gasteiger partial charge in [-0.3, -0.25) is 0 Å². The van der Waals surface area contributed by atoms with Crippen LogP contribution in [0.1, 0.15) is 6.42 Å².